The zero-order valence-electron chi connectivity index (χ0n) is 17.3. The molecular weight excluding hydrogens is 423 g/mol. The standard InChI is InChI=1S/C24H28ClFO5/c25-22-6-3-17(23-10-19(28)9-21(11-27)31-23)8-18(22)7-16-1-4-20(5-2-16)30-15-24(12-26)13-29-14-24/h1-6,8,19,21,23,27-28H,7,9-15H2. The van der Waals surface area contributed by atoms with Gasteiger partial charge < -0.3 is 24.4 Å². The second kappa shape index (κ2) is 9.84. The molecular formula is C24H28ClFO5. The van der Waals surface area contributed by atoms with Crippen LogP contribution in [0, 0.1) is 5.41 Å². The lowest BCUT2D eigenvalue weighted by molar-refractivity contribution is -0.141. The first-order chi connectivity index (χ1) is 15.0. The van der Waals surface area contributed by atoms with E-state index >= 15 is 0 Å². The summed E-state index contributed by atoms with van der Waals surface area (Å²) in [5.41, 5.74) is 2.46. The summed E-state index contributed by atoms with van der Waals surface area (Å²) in [6.45, 7) is 0.551. The molecule has 0 radical (unpaired) electrons. The van der Waals surface area contributed by atoms with Gasteiger partial charge in [0.2, 0.25) is 0 Å². The predicted molar refractivity (Wildman–Crippen MR) is 115 cm³/mol. The lowest BCUT2D eigenvalue weighted by Gasteiger charge is -2.38. The first-order valence-corrected chi connectivity index (χ1v) is 11.0. The van der Waals surface area contributed by atoms with Gasteiger partial charge in [-0.2, -0.15) is 0 Å². The Morgan fingerprint density at radius 2 is 1.90 bits per heavy atom. The van der Waals surface area contributed by atoms with E-state index in [2.05, 4.69) is 0 Å². The van der Waals surface area contributed by atoms with Crippen molar-refractivity contribution in [2.75, 3.05) is 33.1 Å². The fourth-order valence-electron chi connectivity index (χ4n) is 4.00. The van der Waals surface area contributed by atoms with Crippen molar-refractivity contribution in [2.24, 2.45) is 5.41 Å². The highest BCUT2D eigenvalue weighted by Crippen LogP contribution is 2.34. The molecule has 2 aliphatic heterocycles. The first-order valence-electron chi connectivity index (χ1n) is 10.6. The number of hydrogen-bond acceptors (Lipinski definition) is 5. The Morgan fingerprint density at radius 3 is 2.55 bits per heavy atom. The van der Waals surface area contributed by atoms with E-state index in [4.69, 9.17) is 25.8 Å². The lowest BCUT2D eigenvalue weighted by Crippen LogP contribution is -2.48. The Bertz CT molecular complexity index is 865. The molecule has 0 aliphatic carbocycles. The molecule has 2 aromatic carbocycles. The van der Waals surface area contributed by atoms with Gasteiger partial charge in [-0.3, -0.25) is 4.39 Å². The molecule has 168 valence electrons. The van der Waals surface area contributed by atoms with Crippen LogP contribution >= 0.6 is 11.6 Å². The molecule has 2 fully saturated rings. The number of hydrogen-bond donors (Lipinski definition) is 2. The summed E-state index contributed by atoms with van der Waals surface area (Å²) in [6.07, 6.45) is 0.449. The van der Waals surface area contributed by atoms with Crippen LogP contribution in [0.25, 0.3) is 0 Å². The number of ether oxygens (including phenoxy) is 3. The number of alkyl halides is 1. The van der Waals surface area contributed by atoms with Crippen LogP contribution in [0.2, 0.25) is 5.02 Å². The molecule has 5 nitrogen and oxygen atoms in total. The summed E-state index contributed by atoms with van der Waals surface area (Å²) in [6, 6.07) is 13.5. The summed E-state index contributed by atoms with van der Waals surface area (Å²) in [7, 11) is 0. The van der Waals surface area contributed by atoms with Gasteiger partial charge >= 0.3 is 0 Å². The zero-order valence-corrected chi connectivity index (χ0v) is 18.1. The molecule has 0 bridgehead atoms. The number of aliphatic hydroxyl groups is 2. The van der Waals surface area contributed by atoms with E-state index in [1.807, 2.05) is 42.5 Å². The minimum Gasteiger partial charge on any atom is -0.493 e. The topological polar surface area (TPSA) is 68.2 Å². The summed E-state index contributed by atoms with van der Waals surface area (Å²) in [5, 5.41) is 20.2. The fourth-order valence-corrected chi connectivity index (χ4v) is 4.19. The smallest absolute Gasteiger partial charge is 0.119 e. The molecule has 2 N–H and O–H groups in total. The third-order valence-corrected chi connectivity index (χ3v) is 6.35. The molecule has 2 aliphatic rings. The van der Waals surface area contributed by atoms with Crippen molar-refractivity contribution in [3.05, 3.63) is 64.2 Å². The second-order valence-corrected chi connectivity index (χ2v) is 9.05. The molecule has 31 heavy (non-hydrogen) atoms. The van der Waals surface area contributed by atoms with E-state index in [1.54, 1.807) is 0 Å². The van der Waals surface area contributed by atoms with Gasteiger partial charge in [-0.25, -0.2) is 0 Å². The van der Waals surface area contributed by atoms with Gasteiger partial charge in [-0.05, 0) is 41.3 Å². The first kappa shape index (κ1) is 22.5. The van der Waals surface area contributed by atoms with Crippen molar-refractivity contribution < 1.29 is 28.8 Å². The van der Waals surface area contributed by atoms with Crippen LogP contribution < -0.4 is 4.74 Å². The maximum absolute atomic E-state index is 13.2. The normalized spacial score (nSPS) is 25.1. The van der Waals surface area contributed by atoms with Crippen molar-refractivity contribution >= 4 is 11.6 Å². The molecule has 0 spiro atoms. The van der Waals surface area contributed by atoms with Gasteiger partial charge in [0.25, 0.3) is 0 Å². The largest absolute Gasteiger partial charge is 0.493 e. The van der Waals surface area contributed by atoms with Crippen LogP contribution in [0.5, 0.6) is 5.75 Å². The summed E-state index contributed by atoms with van der Waals surface area (Å²) in [4.78, 5) is 0. The van der Waals surface area contributed by atoms with Gasteiger partial charge in [0.05, 0.1) is 43.5 Å². The summed E-state index contributed by atoms with van der Waals surface area (Å²) in [5.74, 6) is 0.697. The third-order valence-electron chi connectivity index (χ3n) is 5.99. The van der Waals surface area contributed by atoms with E-state index in [-0.39, 0.29) is 18.8 Å². The maximum Gasteiger partial charge on any atom is 0.119 e. The van der Waals surface area contributed by atoms with Crippen molar-refractivity contribution in [1.82, 2.24) is 0 Å². The Labute approximate surface area is 186 Å². The lowest BCUT2D eigenvalue weighted by atomic mass is 9.89. The van der Waals surface area contributed by atoms with Crippen LogP contribution in [-0.2, 0) is 15.9 Å². The average molecular weight is 451 g/mol. The molecule has 0 saturated carbocycles. The van der Waals surface area contributed by atoms with Crippen LogP contribution in [0.15, 0.2) is 42.5 Å². The summed E-state index contributed by atoms with van der Waals surface area (Å²) >= 11 is 6.44. The minimum atomic E-state index is -0.504. The van der Waals surface area contributed by atoms with Crippen LogP contribution in [0.3, 0.4) is 0 Å². The van der Waals surface area contributed by atoms with E-state index < -0.39 is 18.2 Å². The quantitative estimate of drug-likeness (QED) is 0.639. The molecule has 3 atom stereocenters. The molecule has 0 aromatic heterocycles. The van der Waals surface area contributed by atoms with Gasteiger partial charge in [-0.15, -0.1) is 0 Å². The molecule has 2 saturated heterocycles. The highest BCUT2D eigenvalue weighted by molar-refractivity contribution is 6.31. The van der Waals surface area contributed by atoms with Crippen LogP contribution in [-0.4, -0.2) is 55.5 Å². The second-order valence-electron chi connectivity index (χ2n) is 8.64. The molecule has 2 heterocycles. The van der Waals surface area contributed by atoms with Gasteiger partial charge in [0.15, 0.2) is 0 Å². The van der Waals surface area contributed by atoms with E-state index in [0.717, 1.165) is 16.7 Å². The number of rotatable bonds is 8. The number of halogens is 2. The Hall–Kier alpha value is -1.70. The summed E-state index contributed by atoms with van der Waals surface area (Å²) < 4.78 is 30.0. The molecule has 2 aromatic rings. The van der Waals surface area contributed by atoms with Crippen molar-refractivity contribution in [1.29, 1.82) is 0 Å². The monoisotopic (exact) mass is 450 g/mol. The molecule has 3 unspecified atom stereocenters. The van der Waals surface area contributed by atoms with Gasteiger partial charge in [0, 0.05) is 17.9 Å². The van der Waals surface area contributed by atoms with Gasteiger partial charge in [0.1, 0.15) is 19.0 Å². The zero-order chi connectivity index (χ0) is 21.8. The predicted octanol–water partition coefficient (Wildman–Crippen LogP) is 3.87. The van der Waals surface area contributed by atoms with E-state index in [9.17, 15) is 14.6 Å². The third kappa shape index (κ3) is 5.38. The SMILES string of the molecule is OCC1CC(O)CC(c2ccc(Cl)c(Cc3ccc(OCC4(CF)COC4)cc3)c2)O1. The van der Waals surface area contributed by atoms with E-state index in [1.165, 1.54) is 0 Å². The minimum absolute atomic E-state index is 0.109. The Morgan fingerprint density at radius 1 is 1.13 bits per heavy atom. The fraction of sp³-hybridized carbons (Fsp3) is 0.500. The molecule has 7 heteroatoms. The maximum atomic E-state index is 13.2. The Kier molecular flexibility index (Phi) is 7.14. The average Bonchev–Trinajstić information content (AvgIpc) is 2.75. The van der Waals surface area contributed by atoms with Crippen LogP contribution in [0.1, 0.15) is 35.6 Å². The number of benzene rings is 2. The van der Waals surface area contributed by atoms with Crippen molar-refractivity contribution in [2.45, 2.75) is 37.6 Å². The Balaban J connectivity index is 1.41. The highest BCUT2D eigenvalue weighted by atomic mass is 35.5. The number of aliphatic hydroxyl groups excluding tert-OH is 2. The van der Waals surface area contributed by atoms with Crippen molar-refractivity contribution in [3.8, 4) is 5.75 Å². The van der Waals surface area contributed by atoms with E-state index in [0.29, 0.717) is 49.9 Å². The van der Waals surface area contributed by atoms with Gasteiger partial charge in [-0.1, -0.05) is 35.9 Å². The molecule has 4 rings (SSSR count). The van der Waals surface area contributed by atoms with Crippen molar-refractivity contribution in [3.63, 3.8) is 0 Å². The molecule has 0 amide bonds. The van der Waals surface area contributed by atoms with Crippen LogP contribution in [0.4, 0.5) is 4.39 Å². The highest BCUT2D eigenvalue weighted by Gasteiger charge is 2.40.